The molecule has 0 heterocycles. The number of hydrazone groups is 1. The van der Waals surface area contributed by atoms with Gasteiger partial charge in [-0.15, -0.1) is 0 Å². The topological polar surface area (TPSA) is 118 Å². The smallest absolute Gasteiger partial charge is 0.339 e. The highest BCUT2D eigenvalue weighted by atomic mass is 32.2. The Bertz CT molecular complexity index is 1290. The molecule has 0 aliphatic heterocycles. The zero-order valence-corrected chi connectivity index (χ0v) is 18.1. The van der Waals surface area contributed by atoms with Gasteiger partial charge in [0.1, 0.15) is 4.90 Å². The fourth-order valence-electron chi connectivity index (χ4n) is 2.63. The number of nitrogens with zero attached hydrogens (tertiary/aromatic N) is 2. The lowest BCUT2D eigenvalue weighted by Crippen LogP contribution is -2.17. The number of aryl methyl sites for hydroxylation is 1. The predicted molar refractivity (Wildman–Crippen MR) is 118 cm³/mol. The van der Waals surface area contributed by atoms with E-state index in [9.17, 15) is 13.2 Å². The number of methoxy groups -OCH3 is 1. The van der Waals surface area contributed by atoms with Crippen LogP contribution in [0.5, 0.6) is 11.5 Å². The average molecular weight is 449 g/mol. The Morgan fingerprint density at radius 2 is 1.72 bits per heavy atom. The van der Waals surface area contributed by atoms with Gasteiger partial charge in [0.05, 0.1) is 25.0 Å². The molecule has 3 rings (SSSR count). The van der Waals surface area contributed by atoms with Gasteiger partial charge in [0, 0.05) is 5.56 Å². The summed E-state index contributed by atoms with van der Waals surface area (Å²) in [6.45, 7) is 1.85. The summed E-state index contributed by atoms with van der Waals surface area (Å²) >= 11 is 0. The Morgan fingerprint density at radius 3 is 2.34 bits per heavy atom. The van der Waals surface area contributed by atoms with E-state index in [1.54, 1.807) is 18.2 Å². The van der Waals surface area contributed by atoms with Crippen molar-refractivity contribution in [2.45, 2.75) is 11.8 Å². The summed E-state index contributed by atoms with van der Waals surface area (Å²) in [7, 11) is -2.65. The molecule has 0 saturated heterocycles. The normalized spacial score (nSPS) is 11.0. The molecule has 0 saturated carbocycles. The molecule has 0 aliphatic carbocycles. The molecule has 8 nitrogen and oxygen atoms in total. The van der Waals surface area contributed by atoms with Crippen LogP contribution in [0.15, 0.2) is 76.7 Å². The summed E-state index contributed by atoms with van der Waals surface area (Å²) in [5.74, 6) is -0.239. The van der Waals surface area contributed by atoms with Crippen molar-refractivity contribution in [2.75, 3.05) is 7.11 Å². The van der Waals surface area contributed by atoms with Crippen molar-refractivity contribution in [3.8, 4) is 17.6 Å². The van der Waals surface area contributed by atoms with Gasteiger partial charge >= 0.3 is 10.1 Å². The number of ether oxygens (including phenoxy) is 1. The number of nitrogens with one attached hydrogen (secondary N) is 1. The van der Waals surface area contributed by atoms with E-state index >= 15 is 0 Å². The SMILES string of the molecule is COc1cc(/C=N\NC(=O)c2ccc(C#N)cc2)ccc1OS(=O)(=O)c1ccc(C)cc1. The minimum absolute atomic E-state index is 0.0202. The Labute approximate surface area is 185 Å². The first-order chi connectivity index (χ1) is 15.3. The number of amides is 1. The highest BCUT2D eigenvalue weighted by Gasteiger charge is 2.19. The highest BCUT2D eigenvalue weighted by Crippen LogP contribution is 2.30. The van der Waals surface area contributed by atoms with E-state index in [1.807, 2.05) is 13.0 Å². The van der Waals surface area contributed by atoms with Gasteiger partial charge in [-0.3, -0.25) is 4.79 Å². The van der Waals surface area contributed by atoms with E-state index in [0.717, 1.165) is 5.56 Å². The number of carbonyl (C=O) groups excluding carboxylic acids is 1. The van der Waals surface area contributed by atoms with Crippen LogP contribution in [0.2, 0.25) is 0 Å². The van der Waals surface area contributed by atoms with Crippen molar-refractivity contribution in [3.05, 3.63) is 89.0 Å². The number of rotatable bonds is 7. The summed E-state index contributed by atoms with van der Waals surface area (Å²) in [4.78, 5) is 12.1. The quantitative estimate of drug-likeness (QED) is 0.336. The van der Waals surface area contributed by atoms with Gasteiger partial charge in [0.15, 0.2) is 11.5 Å². The van der Waals surface area contributed by atoms with Gasteiger partial charge in [0.25, 0.3) is 5.91 Å². The molecular formula is C23H19N3O5S. The predicted octanol–water partition coefficient (Wildman–Crippen LogP) is 3.41. The number of benzene rings is 3. The summed E-state index contributed by atoms with van der Waals surface area (Å²) in [5, 5.41) is 12.7. The van der Waals surface area contributed by atoms with Gasteiger partial charge in [-0.1, -0.05) is 17.7 Å². The van der Waals surface area contributed by atoms with Crippen LogP contribution in [0.25, 0.3) is 0 Å². The standard InChI is InChI=1S/C23H19N3O5S/c1-16-3-10-20(11-4-16)32(28,29)31-21-12-7-18(13-22(21)30-2)15-25-26-23(27)19-8-5-17(14-24)6-9-19/h3-13,15H,1-2H3,(H,26,27)/b25-15-. The summed E-state index contributed by atoms with van der Waals surface area (Å²) < 4.78 is 35.5. The van der Waals surface area contributed by atoms with Crippen molar-refractivity contribution in [1.29, 1.82) is 5.26 Å². The molecule has 0 aliphatic rings. The molecule has 0 bridgehead atoms. The molecule has 32 heavy (non-hydrogen) atoms. The van der Waals surface area contributed by atoms with Crippen molar-refractivity contribution in [2.24, 2.45) is 5.10 Å². The number of hydrogen-bond acceptors (Lipinski definition) is 7. The van der Waals surface area contributed by atoms with E-state index in [-0.39, 0.29) is 16.4 Å². The first kappa shape index (κ1) is 22.5. The van der Waals surface area contributed by atoms with Crippen molar-refractivity contribution < 1.29 is 22.1 Å². The molecule has 3 aromatic carbocycles. The van der Waals surface area contributed by atoms with Crippen LogP contribution in [0.3, 0.4) is 0 Å². The molecule has 0 aromatic heterocycles. The third-order valence-corrected chi connectivity index (χ3v) is 5.60. The fourth-order valence-corrected chi connectivity index (χ4v) is 3.57. The molecule has 1 N–H and O–H groups in total. The largest absolute Gasteiger partial charge is 0.493 e. The van der Waals surface area contributed by atoms with Crippen LogP contribution >= 0.6 is 0 Å². The fraction of sp³-hybridized carbons (Fsp3) is 0.0870. The molecule has 0 spiro atoms. The second kappa shape index (κ2) is 9.76. The number of nitriles is 1. The van der Waals surface area contributed by atoms with E-state index < -0.39 is 16.0 Å². The molecule has 3 aromatic rings. The van der Waals surface area contributed by atoms with Crippen LogP contribution in [0, 0.1) is 18.3 Å². The lowest BCUT2D eigenvalue weighted by atomic mass is 10.1. The first-order valence-electron chi connectivity index (χ1n) is 9.35. The summed E-state index contributed by atoms with van der Waals surface area (Å²) in [6, 6.07) is 18.9. The maximum Gasteiger partial charge on any atom is 0.339 e. The van der Waals surface area contributed by atoms with Crippen LogP contribution < -0.4 is 14.3 Å². The van der Waals surface area contributed by atoms with Gasteiger partial charge in [-0.2, -0.15) is 18.8 Å². The van der Waals surface area contributed by atoms with Crippen LogP contribution in [-0.4, -0.2) is 27.6 Å². The minimum atomic E-state index is -4.03. The molecular weight excluding hydrogens is 430 g/mol. The van der Waals surface area contributed by atoms with Crippen molar-refractivity contribution >= 4 is 22.2 Å². The monoisotopic (exact) mass is 449 g/mol. The summed E-state index contributed by atoms with van der Waals surface area (Å²) in [6.07, 6.45) is 1.38. The van der Waals surface area contributed by atoms with E-state index in [4.69, 9.17) is 14.2 Å². The molecule has 0 unspecified atom stereocenters. The molecule has 9 heteroatoms. The van der Waals surface area contributed by atoms with Crippen LogP contribution in [-0.2, 0) is 10.1 Å². The lowest BCUT2D eigenvalue weighted by molar-refractivity contribution is 0.0955. The molecule has 0 atom stereocenters. The van der Waals surface area contributed by atoms with Gasteiger partial charge in [-0.25, -0.2) is 5.43 Å². The second-order valence-electron chi connectivity index (χ2n) is 6.65. The second-order valence-corrected chi connectivity index (χ2v) is 8.20. The zero-order valence-electron chi connectivity index (χ0n) is 17.3. The van der Waals surface area contributed by atoms with Crippen molar-refractivity contribution in [1.82, 2.24) is 5.43 Å². The Hall–Kier alpha value is -4.16. The zero-order chi connectivity index (χ0) is 23.1. The maximum absolute atomic E-state index is 12.5. The Kier molecular flexibility index (Phi) is 6.87. The maximum atomic E-state index is 12.5. The van der Waals surface area contributed by atoms with Crippen molar-refractivity contribution in [3.63, 3.8) is 0 Å². The Morgan fingerprint density at radius 1 is 1.03 bits per heavy atom. The van der Waals surface area contributed by atoms with E-state index in [1.165, 1.54) is 61.9 Å². The number of carbonyl (C=O) groups is 1. The third kappa shape index (κ3) is 5.50. The average Bonchev–Trinajstić information content (AvgIpc) is 2.80. The van der Waals surface area contributed by atoms with Gasteiger partial charge in [-0.05, 0) is 67.1 Å². The van der Waals surface area contributed by atoms with Crippen LogP contribution in [0.4, 0.5) is 0 Å². The van der Waals surface area contributed by atoms with Crippen LogP contribution in [0.1, 0.15) is 27.0 Å². The third-order valence-electron chi connectivity index (χ3n) is 4.35. The number of hydrogen-bond donors (Lipinski definition) is 1. The Balaban J connectivity index is 1.71. The first-order valence-corrected chi connectivity index (χ1v) is 10.8. The summed E-state index contributed by atoms with van der Waals surface area (Å²) in [5.41, 5.74) is 4.65. The van der Waals surface area contributed by atoms with E-state index in [0.29, 0.717) is 16.7 Å². The molecule has 0 fully saturated rings. The van der Waals surface area contributed by atoms with Gasteiger partial charge < -0.3 is 8.92 Å². The molecule has 1 amide bonds. The van der Waals surface area contributed by atoms with E-state index in [2.05, 4.69) is 10.5 Å². The molecule has 0 radical (unpaired) electrons. The lowest BCUT2D eigenvalue weighted by Gasteiger charge is -2.11. The highest BCUT2D eigenvalue weighted by molar-refractivity contribution is 7.87. The molecule has 162 valence electrons. The minimum Gasteiger partial charge on any atom is -0.493 e. The van der Waals surface area contributed by atoms with Gasteiger partial charge in [0.2, 0.25) is 0 Å².